The minimum Gasteiger partial charge on any atom is -0.354 e. The number of hydrogen-bond acceptors (Lipinski definition) is 6. The summed E-state index contributed by atoms with van der Waals surface area (Å²) in [6.07, 6.45) is 4.21. The maximum atomic E-state index is 5.91. The van der Waals surface area contributed by atoms with Crippen LogP contribution in [0.15, 0.2) is 30.6 Å². The summed E-state index contributed by atoms with van der Waals surface area (Å²) in [5, 5.41) is 7.31. The molecule has 0 aliphatic carbocycles. The molecular formula is C12H10Cl2N6S. The highest BCUT2D eigenvalue weighted by Gasteiger charge is 2.07. The molecule has 1 N–H and O–H groups in total. The fourth-order valence-corrected chi connectivity index (χ4v) is 2.93. The van der Waals surface area contributed by atoms with Crippen molar-refractivity contribution in [2.45, 2.75) is 6.42 Å². The van der Waals surface area contributed by atoms with Crippen LogP contribution in [-0.2, 0) is 6.42 Å². The largest absolute Gasteiger partial charge is 0.354 e. The molecule has 0 bridgehead atoms. The van der Waals surface area contributed by atoms with Gasteiger partial charge >= 0.3 is 0 Å². The molecule has 21 heavy (non-hydrogen) atoms. The maximum absolute atomic E-state index is 5.91. The van der Waals surface area contributed by atoms with Gasteiger partial charge in [0.1, 0.15) is 0 Å². The number of thiophene rings is 1. The van der Waals surface area contributed by atoms with Crippen LogP contribution in [-0.4, -0.2) is 31.3 Å². The van der Waals surface area contributed by atoms with Crippen LogP contribution in [0, 0.1) is 0 Å². The van der Waals surface area contributed by atoms with Crippen LogP contribution in [0.4, 0.5) is 5.95 Å². The normalized spacial score (nSPS) is 10.8. The second-order valence-corrected chi connectivity index (χ2v) is 6.20. The van der Waals surface area contributed by atoms with E-state index in [1.54, 1.807) is 29.8 Å². The molecule has 0 unspecified atom stereocenters. The van der Waals surface area contributed by atoms with Gasteiger partial charge in [0.15, 0.2) is 0 Å². The molecule has 3 rings (SSSR count). The quantitative estimate of drug-likeness (QED) is 0.772. The third-order valence-electron chi connectivity index (χ3n) is 2.59. The van der Waals surface area contributed by atoms with E-state index in [0.29, 0.717) is 18.4 Å². The summed E-state index contributed by atoms with van der Waals surface area (Å²) in [6.45, 7) is 0.676. The van der Waals surface area contributed by atoms with Crippen molar-refractivity contribution < 1.29 is 0 Å². The summed E-state index contributed by atoms with van der Waals surface area (Å²) in [4.78, 5) is 13.5. The molecule has 108 valence electrons. The van der Waals surface area contributed by atoms with Gasteiger partial charge in [-0.05, 0) is 36.2 Å². The van der Waals surface area contributed by atoms with Gasteiger partial charge < -0.3 is 5.32 Å². The van der Waals surface area contributed by atoms with E-state index in [1.165, 1.54) is 9.56 Å². The molecule has 6 nitrogen and oxygen atoms in total. The second kappa shape index (κ2) is 6.38. The fraction of sp³-hybridized carbons (Fsp3) is 0.167. The molecule has 0 fully saturated rings. The van der Waals surface area contributed by atoms with Crippen molar-refractivity contribution in [2.75, 3.05) is 11.9 Å². The maximum Gasteiger partial charge on any atom is 0.256 e. The third-order valence-corrected chi connectivity index (χ3v) is 4.05. The number of rotatable bonds is 5. The van der Waals surface area contributed by atoms with E-state index in [2.05, 4.69) is 25.4 Å². The average molecular weight is 341 g/mol. The van der Waals surface area contributed by atoms with E-state index in [1.807, 2.05) is 12.1 Å². The molecule has 0 saturated carbocycles. The Labute approximate surface area is 134 Å². The van der Waals surface area contributed by atoms with Crippen LogP contribution in [0.5, 0.6) is 0 Å². The van der Waals surface area contributed by atoms with Gasteiger partial charge in [0, 0.05) is 23.8 Å². The summed E-state index contributed by atoms with van der Waals surface area (Å²) in [5.41, 5.74) is 0. The summed E-state index contributed by atoms with van der Waals surface area (Å²) >= 11 is 13.4. The number of nitrogens with one attached hydrogen (secondary N) is 1. The lowest BCUT2D eigenvalue weighted by molar-refractivity contribution is 0.794. The molecule has 0 saturated heterocycles. The van der Waals surface area contributed by atoms with Crippen LogP contribution >= 0.6 is 34.5 Å². The van der Waals surface area contributed by atoms with Crippen LogP contribution < -0.4 is 5.32 Å². The summed E-state index contributed by atoms with van der Waals surface area (Å²) in [6, 6.07) is 5.67. The van der Waals surface area contributed by atoms with Gasteiger partial charge in [0.05, 0.1) is 4.34 Å². The summed E-state index contributed by atoms with van der Waals surface area (Å²) in [5.74, 6) is 0.796. The highest BCUT2D eigenvalue weighted by atomic mass is 35.5. The predicted octanol–water partition coefficient (Wildman–Crippen LogP) is 3.08. The minimum atomic E-state index is 0.122. The molecule has 0 spiro atoms. The monoisotopic (exact) mass is 340 g/mol. The van der Waals surface area contributed by atoms with E-state index < -0.39 is 0 Å². The van der Waals surface area contributed by atoms with Crippen molar-refractivity contribution in [3.05, 3.63) is 45.1 Å². The molecule has 0 radical (unpaired) electrons. The van der Waals surface area contributed by atoms with E-state index in [0.717, 1.165) is 10.8 Å². The smallest absolute Gasteiger partial charge is 0.256 e. The Bertz CT molecular complexity index is 727. The Morgan fingerprint density at radius 3 is 2.81 bits per heavy atom. The number of halogens is 2. The lowest BCUT2D eigenvalue weighted by Crippen LogP contribution is -2.11. The Kier molecular flexibility index (Phi) is 4.33. The van der Waals surface area contributed by atoms with Crippen molar-refractivity contribution in [3.63, 3.8) is 0 Å². The van der Waals surface area contributed by atoms with Crippen molar-refractivity contribution >= 4 is 40.5 Å². The first-order valence-corrected chi connectivity index (χ1v) is 7.67. The molecule has 9 heteroatoms. The van der Waals surface area contributed by atoms with Gasteiger partial charge in [-0.15, -0.1) is 11.3 Å². The number of anilines is 1. The Balaban J connectivity index is 1.68. The SMILES string of the molecule is Clc1nc(NCCc2ccc(Cl)s2)nc(-n2cccn2)n1. The lowest BCUT2D eigenvalue weighted by atomic mass is 10.3. The number of hydrogen-bond donors (Lipinski definition) is 1. The summed E-state index contributed by atoms with van der Waals surface area (Å²) < 4.78 is 2.31. The molecule has 0 aromatic carbocycles. The van der Waals surface area contributed by atoms with E-state index in [-0.39, 0.29) is 5.28 Å². The van der Waals surface area contributed by atoms with Crippen LogP contribution in [0.3, 0.4) is 0 Å². The highest BCUT2D eigenvalue weighted by molar-refractivity contribution is 7.16. The molecule has 0 atom stereocenters. The van der Waals surface area contributed by atoms with Crippen LogP contribution in [0.25, 0.3) is 5.95 Å². The summed E-state index contributed by atoms with van der Waals surface area (Å²) in [7, 11) is 0. The second-order valence-electron chi connectivity index (χ2n) is 4.06. The number of aromatic nitrogens is 5. The van der Waals surface area contributed by atoms with E-state index in [4.69, 9.17) is 23.2 Å². The highest BCUT2D eigenvalue weighted by Crippen LogP contribution is 2.21. The molecule has 0 aliphatic heterocycles. The Morgan fingerprint density at radius 2 is 2.10 bits per heavy atom. The van der Waals surface area contributed by atoms with Crippen molar-refractivity contribution in [2.24, 2.45) is 0 Å². The first-order chi connectivity index (χ1) is 10.2. The standard InChI is InChI=1S/C12H10Cl2N6S/c13-9-3-2-8(21-9)4-6-15-11-17-10(14)18-12(19-11)20-7-1-5-16-20/h1-3,5,7H,4,6H2,(H,15,17,18,19). The Hall–Kier alpha value is -1.70. The molecule has 0 aliphatic rings. The van der Waals surface area contributed by atoms with Gasteiger partial charge in [-0.2, -0.15) is 20.1 Å². The lowest BCUT2D eigenvalue weighted by Gasteiger charge is -2.06. The zero-order valence-electron chi connectivity index (χ0n) is 10.7. The van der Waals surface area contributed by atoms with Crippen molar-refractivity contribution in [1.29, 1.82) is 0 Å². The van der Waals surface area contributed by atoms with Gasteiger partial charge in [0.2, 0.25) is 11.2 Å². The molecular weight excluding hydrogens is 331 g/mol. The van der Waals surface area contributed by atoms with Gasteiger partial charge in [-0.1, -0.05) is 11.6 Å². The number of nitrogens with zero attached hydrogens (tertiary/aromatic N) is 5. The van der Waals surface area contributed by atoms with E-state index in [9.17, 15) is 0 Å². The molecule has 3 aromatic rings. The molecule has 3 aromatic heterocycles. The van der Waals surface area contributed by atoms with Crippen LogP contribution in [0.1, 0.15) is 4.88 Å². The fourth-order valence-electron chi connectivity index (χ4n) is 1.69. The molecule has 3 heterocycles. The topological polar surface area (TPSA) is 68.5 Å². The van der Waals surface area contributed by atoms with Crippen LogP contribution in [0.2, 0.25) is 9.62 Å². The van der Waals surface area contributed by atoms with Gasteiger partial charge in [-0.3, -0.25) is 0 Å². The third kappa shape index (κ3) is 3.69. The zero-order chi connectivity index (χ0) is 14.7. The molecule has 0 amide bonds. The first kappa shape index (κ1) is 14.2. The van der Waals surface area contributed by atoms with Gasteiger partial charge in [0.25, 0.3) is 5.95 Å². The predicted molar refractivity (Wildman–Crippen MR) is 83.5 cm³/mol. The van der Waals surface area contributed by atoms with Crippen molar-refractivity contribution in [1.82, 2.24) is 24.7 Å². The van der Waals surface area contributed by atoms with E-state index >= 15 is 0 Å². The minimum absolute atomic E-state index is 0.122. The average Bonchev–Trinajstić information content (AvgIpc) is 3.10. The van der Waals surface area contributed by atoms with Gasteiger partial charge in [-0.25, -0.2) is 4.68 Å². The Morgan fingerprint density at radius 1 is 1.19 bits per heavy atom. The first-order valence-electron chi connectivity index (χ1n) is 6.10. The van der Waals surface area contributed by atoms with Crippen molar-refractivity contribution in [3.8, 4) is 5.95 Å². The zero-order valence-corrected chi connectivity index (χ0v) is 13.0.